The molecule has 0 radical (unpaired) electrons. The summed E-state index contributed by atoms with van der Waals surface area (Å²) in [6.07, 6.45) is 1.48. The van der Waals surface area contributed by atoms with Gasteiger partial charge in [0, 0.05) is 11.7 Å². The van der Waals surface area contributed by atoms with Crippen molar-refractivity contribution in [3.8, 4) is 0 Å². The molecule has 3 aromatic rings. The first kappa shape index (κ1) is 14.7. The highest BCUT2D eigenvalue weighted by atomic mass is 16.4. The number of H-pyrrole nitrogens is 1. The van der Waals surface area contributed by atoms with Crippen LogP contribution in [0.3, 0.4) is 0 Å². The molecule has 3 rings (SSSR count). The summed E-state index contributed by atoms with van der Waals surface area (Å²) in [6, 6.07) is 13.7. The Bertz CT molecular complexity index is 970. The van der Waals surface area contributed by atoms with Crippen LogP contribution in [-0.4, -0.2) is 22.3 Å². The number of carboxylic acids is 1. The maximum Gasteiger partial charge on any atom is 0.335 e. The molecule has 0 fully saturated rings. The summed E-state index contributed by atoms with van der Waals surface area (Å²) in [4.78, 5) is 29.9. The predicted octanol–water partition coefficient (Wildman–Crippen LogP) is 3.29. The molecule has 114 valence electrons. The second kappa shape index (κ2) is 5.88. The van der Waals surface area contributed by atoms with Gasteiger partial charge in [0.05, 0.1) is 16.8 Å². The zero-order valence-corrected chi connectivity index (χ0v) is 12.4. The summed E-state index contributed by atoms with van der Waals surface area (Å²) in [6.45, 7) is 1.99. The topological polar surface area (TPSA) is 82.5 Å². The van der Waals surface area contributed by atoms with Crippen LogP contribution in [0.15, 0.2) is 58.3 Å². The van der Waals surface area contributed by atoms with Gasteiger partial charge in [-0.05, 0) is 54.8 Å². The lowest BCUT2D eigenvalue weighted by molar-refractivity contribution is 0.0697. The third-order valence-electron chi connectivity index (χ3n) is 3.50. The van der Waals surface area contributed by atoms with Gasteiger partial charge in [-0.3, -0.25) is 9.79 Å². The predicted molar refractivity (Wildman–Crippen MR) is 90.0 cm³/mol. The van der Waals surface area contributed by atoms with E-state index in [1.165, 1.54) is 18.3 Å². The van der Waals surface area contributed by atoms with Crippen LogP contribution in [0.4, 0.5) is 5.69 Å². The molecule has 0 bridgehead atoms. The molecule has 0 unspecified atom stereocenters. The van der Waals surface area contributed by atoms with E-state index in [1.807, 2.05) is 25.1 Å². The Labute approximate surface area is 131 Å². The smallest absolute Gasteiger partial charge is 0.335 e. The molecular formula is C18H14N2O3. The number of nitrogens with one attached hydrogen (secondary N) is 1. The van der Waals surface area contributed by atoms with Crippen LogP contribution in [0, 0.1) is 6.92 Å². The summed E-state index contributed by atoms with van der Waals surface area (Å²) in [5, 5.41) is 9.80. The van der Waals surface area contributed by atoms with Crippen molar-refractivity contribution in [1.29, 1.82) is 0 Å². The third-order valence-corrected chi connectivity index (χ3v) is 3.50. The van der Waals surface area contributed by atoms with Gasteiger partial charge in [-0.15, -0.1) is 0 Å². The molecule has 0 saturated heterocycles. The van der Waals surface area contributed by atoms with Crippen molar-refractivity contribution in [2.45, 2.75) is 6.92 Å². The molecule has 2 N–H and O–H groups in total. The molecule has 0 atom stereocenters. The first-order valence-electron chi connectivity index (χ1n) is 7.04. The lowest BCUT2D eigenvalue weighted by Crippen LogP contribution is -2.11. The van der Waals surface area contributed by atoms with E-state index in [-0.39, 0.29) is 11.1 Å². The average Bonchev–Trinajstić information content (AvgIpc) is 2.53. The van der Waals surface area contributed by atoms with E-state index < -0.39 is 5.97 Å². The van der Waals surface area contributed by atoms with E-state index in [1.54, 1.807) is 18.2 Å². The van der Waals surface area contributed by atoms with E-state index in [2.05, 4.69) is 9.98 Å². The van der Waals surface area contributed by atoms with E-state index >= 15 is 0 Å². The van der Waals surface area contributed by atoms with Crippen molar-refractivity contribution >= 4 is 28.8 Å². The number of aryl methyl sites for hydroxylation is 1. The van der Waals surface area contributed by atoms with Gasteiger partial charge in [0.2, 0.25) is 0 Å². The fourth-order valence-corrected chi connectivity index (χ4v) is 2.27. The molecular weight excluding hydrogens is 292 g/mol. The van der Waals surface area contributed by atoms with Crippen molar-refractivity contribution in [2.75, 3.05) is 0 Å². The van der Waals surface area contributed by atoms with Crippen LogP contribution in [0.5, 0.6) is 0 Å². The number of rotatable bonds is 3. The number of aromatic carboxylic acids is 1. The fraction of sp³-hybridized carbons (Fsp3) is 0.0556. The largest absolute Gasteiger partial charge is 0.478 e. The number of aromatic amines is 1. The van der Waals surface area contributed by atoms with Crippen molar-refractivity contribution in [1.82, 2.24) is 4.98 Å². The Morgan fingerprint density at radius 1 is 1.13 bits per heavy atom. The number of hydrogen-bond acceptors (Lipinski definition) is 3. The monoisotopic (exact) mass is 306 g/mol. The normalized spacial score (nSPS) is 11.2. The summed E-state index contributed by atoms with van der Waals surface area (Å²) in [5.74, 6) is -0.984. The number of benzene rings is 2. The van der Waals surface area contributed by atoms with Gasteiger partial charge in [-0.2, -0.15) is 0 Å². The Balaban J connectivity index is 1.95. The summed E-state index contributed by atoms with van der Waals surface area (Å²) >= 11 is 0. The molecule has 0 spiro atoms. The highest BCUT2D eigenvalue weighted by Gasteiger charge is 2.03. The molecule has 2 aromatic carbocycles. The summed E-state index contributed by atoms with van der Waals surface area (Å²) in [5.41, 5.74) is 2.90. The quantitative estimate of drug-likeness (QED) is 0.728. The highest BCUT2D eigenvalue weighted by Crippen LogP contribution is 2.15. The molecule has 1 aromatic heterocycles. The Kier molecular flexibility index (Phi) is 3.76. The average molecular weight is 306 g/mol. The minimum absolute atomic E-state index is 0.197. The van der Waals surface area contributed by atoms with Gasteiger partial charge in [-0.25, -0.2) is 4.79 Å². The summed E-state index contributed by atoms with van der Waals surface area (Å²) < 4.78 is 0. The van der Waals surface area contributed by atoms with Crippen LogP contribution in [-0.2, 0) is 0 Å². The number of carboxylic acid groups (broad SMARTS) is 1. The summed E-state index contributed by atoms with van der Waals surface area (Å²) in [7, 11) is 0. The molecule has 0 aliphatic carbocycles. The number of carbonyl (C=O) groups is 1. The zero-order chi connectivity index (χ0) is 16.4. The maximum absolute atomic E-state index is 12.1. The molecule has 5 heteroatoms. The molecule has 1 heterocycles. The van der Waals surface area contributed by atoms with Gasteiger partial charge in [-0.1, -0.05) is 11.6 Å². The number of fused-ring (bicyclic) bond motifs is 1. The van der Waals surface area contributed by atoms with Crippen LogP contribution < -0.4 is 5.56 Å². The molecule has 0 aliphatic heterocycles. The Morgan fingerprint density at radius 3 is 2.57 bits per heavy atom. The fourth-order valence-electron chi connectivity index (χ4n) is 2.27. The van der Waals surface area contributed by atoms with Gasteiger partial charge in [0.1, 0.15) is 0 Å². The van der Waals surface area contributed by atoms with Gasteiger partial charge < -0.3 is 10.1 Å². The lowest BCUT2D eigenvalue weighted by atomic mass is 10.1. The van der Waals surface area contributed by atoms with Gasteiger partial charge >= 0.3 is 5.97 Å². The van der Waals surface area contributed by atoms with Gasteiger partial charge in [0.25, 0.3) is 5.56 Å². The minimum atomic E-state index is -0.984. The zero-order valence-electron chi connectivity index (χ0n) is 12.4. The number of aliphatic imine (C=N–C) groups is 1. The van der Waals surface area contributed by atoms with Crippen molar-refractivity contribution in [3.05, 3.63) is 75.6 Å². The second-order valence-corrected chi connectivity index (χ2v) is 5.25. The molecule has 0 aliphatic rings. The lowest BCUT2D eigenvalue weighted by Gasteiger charge is -2.01. The van der Waals surface area contributed by atoms with Crippen LogP contribution in [0.2, 0.25) is 0 Å². The van der Waals surface area contributed by atoms with E-state index in [0.29, 0.717) is 11.3 Å². The standard InChI is InChI=1S/C18H14N2O3/c1-11-2-7-16-13(8-11)9-14(17(21)20-16)10-19-15-5-3-12(4-6-15)18(22)23/h2-10H,1H3,(H,20,21)(H,22,23). The maximum atomic E-state index is 12.1. The van der Waals surface area contributed by atoms with E-state index in [0.717, 1.165) is 16.5 Å². The van der Waals surface area contributed by atoms with E-state index in [4.69, 9.17) is 5.11 Å². The first-order valence-corrected chi connectivity index (χ1v) is 7.04. The molecule has 23 heavy (non-hydrogen) atoms. The Hall–Kier alpha value is -3.21. The molecule has 5 nitrogen and oxygen atoms in total. The number of nitrogens with zero attached hydrogens (tertiary/aromatic N) is 1. The number of pyridine rings is 1. The third kappa shape index (κ3) is 3.18. The van der Waals surface area contributed by atoms with Crippen LogP contribution >= 0.6 is 0 Å². The second-order valence-electron chi connectivity index (χ2n) is 5.25. The number of aromatic nitrogens is 1. The van der Waals surface area contributed by atoms with Crippen molar-refractivity contribution < 1.29 is 9.90 Å². The van der Waals surface area contributed by atoms with Crippen LogP contribution in [0.1, 0.15) is 21.5 Å². The van der Waals surface area contributed by atoms with Crippen molar-refractivity contribution in [2.24, 2.45) is 4.99 Å². The van der Waals surface area contributed by atoms with Crippen molar-refractivity contribution in [3.63, 3.8) is 0 Å². The van der Waals surface area contributed by atoms with Crippen LogP contribution in [0.25, 0.3) is 10.9 Å². The first-order chi connectivity index (χ1) is 11.0. The molecule has 0 saturated carbocycles. The SMILES string of the molecule is Cc1ccc2[nH]c(=O)c(C=Nc3ccc(C(=O)O)cc3)cc2c1. The molecule has 0 amide bonds. The van der Waals surface area contributed by atoms with E-state index in [9.17, 15) is 9.59 Å². The van der Waals surface area contributed by atoms with Gasteiger partial charge in [0.15, 0.2) is 0 Å². The Morgan fingerprint density at radius 2 is 1.87 bits per heavy atom. The minimum Gasteiger partial charge on any atom is -0.478 e. The highest BCUT2D eigenvalue weighted by molar-refractivity contribution is 5.90. The number of hydrogen-bond donors (Lipinski definition) is 2.